The van der Waals surface area contributed by atoms with E-state index in [0.717, 1.165) is 34.9 Å². The van der Waals surface area contributed by atoms with Crippen LogP contribution in [-0.2, 0) is 10.3 Å². The van der Waals surface area contributed by atoms with Crippen molar-refractivity contribution in [1.29, 1.82) is 0 Å². The molecule has 0 amide bonds. The van der Waals surface area contributed by atoms with E-state index in [4.69, 9.17) is 15.2 Å². The number of hydrogen-bond acceptors (Lipinski definition) is 5. The van der Waals surface area contributed by atoms with Crippen LogP contribution in [0.5, 0.6) is 5.75 Å². The van der Waals surface area contributed by atoms with Crippen LogP contribution in [0.4, 0.5) is 5.13 Å². The Kier molecular flexibility index (Phi) is 2.78. The van der Waals surface area contributed by atoms with Crippen LogP contribution < -0.4 is 10.5 Å². The molecule has 4 rings (SSSR count). The molecule has 2 aromatic rings. The lowest BCUT2D eigenvalue weighted by Gasteiger charge is -2.33. The van der Waals surface area contributed by atoms with E-state index < -0.39 is 5.60 Å². The summed E-state index contributed by atoms with van der Waals surface area (Å²) < 4.78 is 12.0. The quantitative estimate of drug-likeness (QED) is 0.875. The molecule has 1 aromatic carbocycles. The molecule has 2 aliphatic rings. The summed E-state index contributed by atoms with van der Waals surface area (Å²) in [6.45, 7) is 5.67. The molecule has 1 aromatic heterocycles. The van der Waals surface area contributed by atoms with Crippen molar-refractivity contribution in [1.82, 2.24) is 4.98 Å². The third kappa shape index (κ3) is 1.88. The summed E-state index contributed by atoms with van der Waals surface area (Å²) in [6.07, 6.45) is 0.854. The van der Waals surface area contributed by atoms with Gasteiger partial charge in [-0.2, -0.15) is 0 Å². The van der Waals surface area contributed by atoms with Gasteiger partial charge in [-0.3, -0.25) is 0 Å². The van der Waals surface area contributed by atoms with Crippen LogP contribution in [0.25, 0.3) is 11.3 Å². The Morgan fingerprint density at radius 1 is 1.38 bits per heavy atom. The number of fused-ring (bicyclic) bond motifs is 4. The number of nitrogen functional groups attached to an aromatic ring is 1. The van der Waals surface area contributed by atoms with Crippen LogP contribution in [0.15, 0.2) is 18.2 Å². The van der Waals surface area contributed by atoms with Crippen molar-refractivity contribution in [2.45, 2.75) is 31.8 Å². The van der Waals surface area contributed by atoms with Gasteiger partial charge in [-0.25, -0.2) is 4.98 Å². The molecule has 1 unspecified atom stereocenters. The van der Waals surface area contributed by atoms with E-state index >= 15 is 0 Å². The van der Waals surface area contributed by atoms with Crippen molar-refractivity contribution in [2.75, 3.05) is 18.9 Å². The Morgan fingerprint density at radius 3 is 2.95 bits per heavy atom. The predicted octanol–water partition coefficient (Wildman–Crippen LogP) is 3.52. The van der Waals surface area contributed by atoms with Crippen molar-refractivity contribution in [3.8, 4) is 17.0 Å². The molecule has 0 saturated carbocycles. The van der Waals surface area contributed by atoms with Crippen molar-refractivity contribution in [3.63, 3.8) is 0 Å². The SMILES string of the molecule is CC(C)c1ccc2c(c1)OC1(CCOC1)c1sc(N)nc1-2. The first-order valence-corrected chi connectivity index (χ1v) is 8.08. The maximum absolute atomic E-state index is 6.40. The zero-order chi connectivity index (χ0) is 14.6. The molecule has 1 atom stereocenters. The molecule has 1 fully saturated rings. The minimum absolute atomic E-state index is 0.396. The molecule has 5 heteroatoms. The summed E-state index contributed by atoms with van der Waals surface area (Å²) >= 11 is 1.52. The fraction of sp³-hybridized carbons (Fsp3) is 0.438. The van der Waals surface area contributed by atoms with Gasteiger partial charge in [0.05, 0.1) is 23.8 Å². The van der Waals surface area contributed by atoms with Crippen molar-refractivity contribution < 1.29 is 9.47 Å². The van der Waals surface area contributed by atoms with E-state index in [0.29, 0.717) is 17.7 Å². The van der Waals surface area contributed by atoms with Gasteiger partial charge in [0.15, 0.2) is 10.7 Å². The van der Waals surface area contributed by atoms with Crippen LogP contribution in [0, 0.1) is 0 Å². The van der Waals surface area contributed by atoms with Crippen LogP contribution in [-0.4, -0.2) is 18.2 Å². The molecule has 3 heterocycles. The maximum Gasteiger partial charge on any atom is 0.180 e. The second-order valence-electron chi connectivity index (χ2n) is 6.04. The number of nitrogens with two attached hydrogens (primary N) is 1. The molecule has 21 heavy (non-hydrogen) atoms. The lowest BCUT2D eigenvalue weighted by atomic mass is 9.91. The topological polar surface area (TPSA) is 57.4 Å². The number of hydrogen-bond donors (Lipinski definition) is 1. The second kappa shape index (κ2) is 4.45. The molecular weight excluding hydrogens is 284 g/mol. The fourth-order valence-corrected chi connectivity index (χ4v) is 4.06. The first-order valence-electron chi connectivity index (χ1n) is 7.27. The number of nitrogens with zero attached hydrogens (tertiary/aromatic N) is 1. The Bertz CT molecular complexity index is 702. The smallest absolute Gasteiger partial charge is 0.180 e. The highest BCUT2D eigenvalue weighted by Gasteiger charge is 2.46. The van der Waals surface area contributed by atoms with Gasteiger partial charge in [0, 0.05) is 12.0 Å². The van der Waals surface area contributed by atoms with Gasteiger partial charge in [0.25, 0.3) is 0 Å². The van der Waals surface area contributed by atoms with Gasteiger partial charge in [-0.15, -0.1) is 0 Å². The Balaban J connectivity index is 1.92. The van der Waals surface area contributed by atoms with E-state index in [9.17, 15) is 0 Å². The van der Waals surface area contributed by atoms with Gasteiger partial charge in [-0.1, -0.05) is 31.3 Å². The maximum atomic E-state index is 6.40. The van der Waals surface area contributed by atoms with E-state index in [1.165, 1.54) is 16.9 Å². The van der Waals surface area contributed by atoms with Crippen LogP contribution in [0.3, 0.4) is 0 Å². The van der Waals surface area contributed by atoms with E-state index in [1.54, 1.807) is 0 Å². The minimum Gasteiger partial charge on any atom is -0.478 e. The highest BCUT2D eigenvalue weighted by atomic mass is 32.1. The highest BCUT2D eigenvalue weighted by molar-refractivity contribution is 7.16. The first kappa shape index (κ1) is 13.1. The van der Waals surface area contributed by atoms with Crippen molar-refractivity contribution in [2.24, 2.45) is 0 Å². The van der Waals surface area contributed by atoms with Gasteiger partial charge >= 0.3 is 0 Å². The number of anilines is 1. The van der Waals surface area contributed by atoms with Gasteiger partial charge in [-0.05, 0) is 23.6 Å². The number of aromatic nitrogens is 1. The molecule has 0 bridgehead atoms. The number of ether oxygens (including phenoxy) is 2. The first-order chi connectivity index (χ1) is 10.1. The summed E-state index contributed by atoms with van der Waals surface area (Å²) in [5, 5.41) is 0.593. The highest BCUT2D eigenvalue weighted by Crippen LogP contribution is 2.51. The number of rotatable bonds is 1. The van der Waals surface area contributed by atoms with Gasteiger partial charge < -0.3 is 15.2 Å². The van der Waals surface area contributed by atoms with E-state index in [2.05, 4.69) is 37.0 Å². The van der Waals surface area contributed by atoms with Gasteiger partial charge in [0.1, 0.15) is 5.75 Å². The normalized spacial score (nSPS) is 23.2. The summed E-state index contributed by atoms with van der Waals surface area (Å²) in [5.74, 6) is 1.38. The van der Waals surface area contributed by atoms with Crippen molar-refractivity contribution in [3.05, 3.63) is 28.6 Å². The molecule has 1 saturated heterocycles. The number of thiazole rings is 1. The molecule has 1 spiro atoms. The van der Waals surface area contributed by atoms with Gasteiger partial charge in [0.2, 0.25) is 0 Å². The van der Waals surface area contributed by atoms with Crippen LogP contribution in [0.1, 0.15) is 36.6 Å². The molecule has 2 N–H and O–H groups in total. The molecule has 110 valence electrons. The van der Waals surface area contributed by atoms with Crippen LogP contribution in [0.2, 0.25) is 0 Å². The predicted molar refractivity (Wildman–Crippen MR) is 83.8 cm³/mol. The zero-order valence-electron chi connectivity index (χ0n) is 12.2. The molecule has 0 radical (unpaired) electrons. The largest absolute Gasteiger partial charge is 0.478 e. The average molecular weight is 302 g/mol. The standard InChI is InChI=1S/C16H18N2O2S/c1-9(2)10-3-4-11-12(7-10)20-16(5-6-19-8-16)14-13(11)18-15(17)21-14/h3-4,7,9H,5-6,8H2,1-2H3,(H2,17,18). The fourth-order valence-electron chi connectivity index (χ4n) is 3.07. The second-order valence-corrected chi connectivity index (χ2v) is 7.07. The van der Waals surface area contributed by atoms with E-state index in [-0.39, 0.29) is 0 Å². The third-order valence-electron chi connectivity index (χ3n) is 4.28. The summed E-state index contributed by atoms with van der Waals surface area (Å²) in [6, 6.07) is 6.39. The summed E-state index contributed by atoms with van der Waals surface area (Å²) in [5.41, 5.74) is 8.85. The Hall–Kier alpha value is -1.59. The zero-order valence-corrected chi connectivity index (χ0v) is 13.0. The average Bonchev–Trinajstić information content (AvgIpc) is 3.06. The lowest BCUT2D eigenvalue weighted by molar-refractivity contribution is 0.0483. The van der Waals surface area contributed by atoms with Crippen LogP contribution >= 0.6 is 11.3 Å². The lowest BCUT2D eigenvalue weighted by Crippen LogP contribution is -2.35. The summed E-state index contributed by atoms with van der Waals surface area (Å²) in [7, 11) is 0. The monoisotopic (exact) mass is 302 g/mol. The Morgan fingerprint density at radius 2 is 2.24 bits per heavy atom. The molecular formula is C16H18N2O2S. The third-order valence-corrected chi connectivity index (χ3v) is 5.35. The molecule has 2 aliphatic heterocycles. The van der Waals surface area contributed by atoms with Crippen molar-refractivity contribution >= 4 is 16.5 Å². The summed E-state index contributed by atoms with van der Waals surface area (Å²) in [4.78, 5) is 5.66. The number of benzene rings is 1. The van der Waals surface area contributed by atoms with E-state index in [1.807, 2.05) is 0 Å². The minimum atomic E-state index is -0.396. The Labute approximate surface area is 127 Å². The molecule has 4 nitrogen and oxygen atoms in total. The molecule has 0 aliphatic carbocycles.